The maximum Gasteiger partial charge on any atom is 0.267 e. The van der Waals surface area contributed by atoms with Gasteiger partial charge < -0.3 is 10.6 Å². The van der Waals surface area contributed by atoms with Crippen molar-refractivity contribution in [3.8, 4) is 0 Å². The molecule has 0 bridgehead atoms. The Morgan fingerprint density at radius 3 is 2.45 bits per heavy atom. The summed E-state index contributed by atoms with van der Waals surface area (Å²) >= 11 is 1.20. The van der Waals surface area contributed by atoms with Gasteiger partial charge in [0.2, 0.25) is 0 Å². The van der Waals surface area contributed by atoms with Gasteiger partial charge in [-0.1, -0.05) is 0 Å². The predicted octanol–water partition coefficient (Wildman–Crippen LogP) is 4.74. The van der Waals surface area contributed by atoms with Crippen molar-refractivity contribution in [2.24, 2.45) is 0 Å². The number of aromatic nitrogens is 2. The lowest BCUT2D eigenvalue weighted by molar-refractivity contribution is 0.101. The molecule has 0 aliphatic heterocycles. The van der Waals surface area contributed by atoms with Gasteiger partial charge in [-0.3, -0.25) is 14.6 Å². The predicted molar refractivity (Wildman–Crippen MR) is 103 cm³/mol. The average Bonchev–Trinajstić information content (AvgIpc) is 3.10. The molecule has 29 heavy (non-hydrogen) atoms. The summed E-state index contributed by atoms with van der Waals surface area (Å²) in [7, 11) is 0. The molecular weight excluding hydrogens is 405 g/mol. The number of thiazole rings is 1. The summed E-state index contributed by atoms with van der Waals surface area (Å²) in [5, 5.41) is 5.67. The molecule has 0 radical (unpaired) electrons. The molecule has 0 atom stereocenters. The SMILES string of the molecule is Cc1ncc(C(=O)Nc2cc(C(=O)Nc3cncc(C(F)F)c3)c(F)cc2C)s1. The molecule has 10 heteroatoms. The smallest absolute Gasteiger partial charge is 0.267 e. The van der Waals surface area contributed by atoms with Crippen molar-refractivity contribution in [2.75, 3.05) is 10.6 Å². The minimum absolute atomic E-state index is 0.00139. The van der Waals surface area contributed by atoms with Crippen LogP contribution in [0.1, 0.15) is 42.6 Å². The Hall–Kier alpha value is -3.27. The van der Waals surface area contributed by atoms with Crippen molar-refractivity contribution in [3.05, 3.63) is 69.2 Å². The van der Waals surface area contributed by atoms with Crippen LogP contribution in [0, 0.1) is 19.7 Å². The number of halogens is 3. The fraction of sp³-hybridized carbons (Fsp3) is 0.158. The summed E-state index contributed by atoms with van der Waals surface area (Å²) in [5.74, 6) is -2.12. The van der Waals surface area contributed by atoms with Gasteiger partial charge in [-0.25, -0.2) is 18.2 Å². The number of benzene rings is 1. The van der Waals surface area contributed by atoms with E-state index in [1.807, 2.05) is 0 Å². The van der Waals surface area contributed by atoms with Gasteiger partial charge in [-0.2, -0.15) is 0 Å². The van der Waals surface area contributed by atoms with Gasteiger partial charge in [0.25, 0.3) is 18.2 Å². The van der Waals surface area contributed by atoms with E-state index in [4.69, 9.17) is 0 Å². The molecule has 0 aliphatic carbocycles. The van der Waals surface area contributed by atoms with E-state index in [0.717, 1.165) is 18.3 Å². The van der Waals surface area contributed by atoms with Crippen LogP contribution in [0.4, 0.5) is 24.5 Å². The number of nitrogens with one attached hydrogen (secondary N) is 2. The van der Waals surface area contributed by atoms with Crippen molar-refractivity contribution in [1.29, 1.82) is 0 Å². The molecule has 0 aliphatic rings. The minimum atomic E-state index is -2.76. The number of carbonyl (C=O) groups excluding carboxylic acids is 2. The first kappa shape index (κ1) is 20.5. The Bertz CT molecular complexity index is 1090. The number of hydrogen-bond donors (Lipinski definition) is 2. The third-order valence-corrected chi connectivity index (χ3v) is 4.83. The molecule has 6 nitrogen and oxygen atoms in total. The van der Waals surface area contributed by atoms with Crippen molar-refractivity contribution < 1.29 is 22.8 Å². The molecule has 0 saturated carbocycles. The van der Waals surface area contributed by atoms with E-state index in [9.17, 15) is 22.8 Å². The molecule has 0 unspecified atom stereocenters. The molecule has 150 valence electrons. The maximum absolute atomic E-state index is 14.3. The quantitative estimate of drug-likeness (QED) is 0.625. The summed E-state index contributed by atoms with van der Waals surface area (Å²) in [4.78, 5) is 32.8. The second-order valence-corrected chi connectivity index (χ2v) is 7.34. The van der Waals surface area contributed by atoms with Gasteiger partial charge in [0.15, 0.2) is 0 Å². The highest BCUT2D eigenvalue weighted by molar-refractivity contribution is 7.13. The Kier molecular flexibility index (Phi) is 5.92. The summed E-state index contributed by atoms with van der Waals surface area (Å²) < 4.78 is 39.9. The Balaban J connectivity index is 1.83. The van der Waals surface area contributed by atoms with E-state index in [-0.39, 0.29) is 22.5 Å². The normalized spacial score (nSPS) is 10.8. The highest BCUT2D eigenvalue weighted by Crippen LogP contribution is 2.24. The molecule has 2 aromatic heterocycles. The van der Waals surface area contributed by atoms with Crippen LogP contribution in [0.2, 0.25) is 0 Å². The van der Waals surface area contributed by atoms with Crippen molar-refractivity contribution in [1.82, 2.24) is 9.97 Å². The molecule has 3 aromatic rings. The minimum Gasteiger partial charge on any atom is -0.321 e. The van der Waals surface area contributed by atoms with E-state index in [1.54, 1.807) is 13.8 Å². The molecule has 0 spiro atoms. The van der Waals surface area contributed by atoms with Crippen LogP contribution in [-0.2, 0) is 0 Å². The summed E-state index contributed by atoms with van der Waals surface area (Å²) in [6.07, 6.45) is 0.810. The summed E-state index contributed by atoms with van der Waals surface area (Å²) in [6.45, 7) is 3.33. The number of alkyl halides is 2. The van der Waals surface area contributed by atoms with Gasteiger partial charge in [-0.15, -0.1) is 11.3 Å². The van der Waals surface area contributed by atoms with Gasteiger partial charge in [0.1, 0.15) is 10.7 Å². The average molecular weight is 420 g/mol. The molecule has 2 heterocycles. The Labute approximate surface area is 167 Å². The lowest BCUT2D eigenvalue weighted by Gasteiger charge is -2.12. The van der Waals surface area contributed by atoms with Crippen LogP contribution < -0.4 is 10.6 Å². The number of aryl methyl sites for hydroxylation is 2. The molecule has 1 aromatic carbocycles. The van der Waals surface area contributed by atoms with Crippen molar-refractivity contribution in [2.45, 2.75) is 20.3 Å². The molecule has 0 fully saturated rings. The third-order valence-electron chi connectivity index (χ3n) is 3.92. The number of pyridine rings is 1. The highest BCUT2D eigenvalue weighted by Gasteiger charge is 2.18. The van der Waals surface area contributed by atoms with Crippen LogP contribution in [0.3, 0.4) is 0 Å². The topological polar surface area (TPSA) is 84.0 Å². The fourth-order valence-electron chi connectivity index (χ4n) is 2.48. The molecule has 0 saturated heterocycles. The first-order valence-electron chi connectivity index (χ1n) is 8.33. The fourth-order valence-corrected chi connectivity index (χ4v) is 3.15. The van der Waals surface area contributed by atoms with Crippen LogP contribution in [0.25, 0.3) is 0 Å². The number of amides is 2. The molecule has 2 N–H and O–H groups in total. The lowest BCUT2D eigenvalue weighted by atomic mass is 10.1. The van der Waals surface area contributed by atoms with Gasteiger partial charge >= 0.3 is 0 Å². The van der Waals surface area contributed by atoms with Crippen molar-refractivity contribution in [3.63, 3.8) is 0 Å². The first-order valence-corrected chi connectivity index (χ1v) is 9.14. The molecule has 2 amide bonds. The van der Waals surface area contributed by atoms with E-state index >= 15 is 0 Å². The zero-order valence-corrected chi connectivity index (χ0v) is 16.1. The highest BCUT2D eigenvalue weighted by atomic mass is 32.1. The van der Waals surface area contributed by atoms with Gasteiger partial charge in [0, 0.05) is 17.4 Å². The van der Waals surface area contributed by atoms with Crippen LogP contribution in [0.5, 0.6) is 0 Å². The number of carbonyl (C=O) groups is 2. The zero-order valence-electron chi connectivity index (χ0n) is 15.3. The molecule has 3 rings (SSSR count). The standard InChI is InChI=1S/C19H15F3N4O2S/c1-9-3-14(20)13(5-15(9)26-19(28)16-8-24-10(2)29-16)18(27)25-12-4-11(17(21)22)6-23-7-12/h3-8,17H,1-2H3,(H,25,27)(H,26,28). The van der Waals surface area contributed by atoms with Crippen LogP contribution in [0.15, 0.2) is 36.8 Å². The number of rotatable bonds is 5. The second kappa shape index (κ2) is 8.39. The Morgan fingerprint density at radius 1 is 1.03 bits per heavy atom. The monoisotopic (exact) mass is 420 g/mol. The molecular formula is C19H15F3N4O2S. The van der Waals surface area contributed by atoms with E-state index < -0.39 is 24.1 Å². The van der Waals surface area contributed by atoms with Crippen molar-refractivity contribution >= 4 is 34.5 Å². The van der Waals surface area contributed by atoms with E-state index in [0.29, 0.717) is 15.4 Å². The summed E-state index contributed by atoms with van der Waals surface area (Å²) in [6, 6.07) is 3.35. The lowest BCUT2D eigenvalue weighted by Crippen LogP contribution is -2.17. The van der Waals surface area contributed by atoms with Gasteiger partial charge in [0.05, 0.1) is 28.7 Å². The summed E-state index contributed by atoms with van der Waals surface area (Å²) in [5.41, 5.74) is -0.0747. The Morgan fingerprint density at radius 2 is 1.79 bits per heavy atom. The van der Waals surface area contributed by atoms with E-state index in [1.165, 1.54) is 29.8 Å². The largest absolute Gasteiger partial charge is 0.321 e. The van der Waals surface area contributed by atoms with Crippen LogP contribution in [-0.4, -0.2) is 21.8 Å². The first-order chi connectivity index (χ1) is 13.7. The number of hydrogen-bond acceptors (Lipinski definition) is 5. The third kappa shape index (κ3) is 4.77. The van der Waals surface area contributed by atoms with Gasteiger partial charge in [-0.05, 0) is 37.6 Å². The zero-order chi connectivity index (χ0) is 21.1. The maximum atomic E-state index is 14.3. The second-order valence-electron chi connectivity index (χ2n) is 6.11. The van der Waals surface area contributed by atoms with E-state index in [2.05, 4.69) is 20.6 Å². The number of anilines is 2. The van der Waals surface area contributed by atoms with Crippen LogP contribution >= 0.6 is 11.3 Å². The number of nitrogens with zero attached hydrogens (tertiary/aromatic N) is 2.